The van der Waals surface area contributed by atoms with Gasteiger partial charge in [-0.25, -0.2) is 0 Å². The van der Waals surface area contributed by atoms with Crippen LogP contribution in [0.25, 0.3) is 0 Å². The van der Waals surface area contributed by atoms with Crippen LogP contribution in [-0.2, 0) is 0 Å². The zero-order chi connectivity index (χ0) is 5.86. The minimum Gasteiger partial charge on any atom is -0.316 e. The SMILES string of the molecule is CC(C)CC(N)N. The highest BCUT2D eigenvalue weighted by Gasteiger charge is 1.96. The predicted octanol–water partition coefficient (Wildman–Crippen LogP) is 0.276. The molecule has 0 fully saturated rings. The first-order valence-electron chi connectivity index (χ1n) is 2.64. The Morgan fingerprint density at radius 1 is 1.29 bits per heavy atom. The van der Waals surface area contributed by atoms with E-state index in [-0.39, 0.29) is 6.17 Å². The van der Waals surface area contributed by atoms with Crippen LogP contribution in [0.15, 0.2) is 0 Å². The maximum absolute atomic E-state index is 5.27. The first-order chi connectivity index (χ1) is 3.13. The Balaban J connectivity index is 2.95. The molecule has 0 aliphatic heterocycles. The quantitative estimate of drug-likeness (QED) is 0.492. The van der Waals surface area contributed by atoms with E-state index >= 15 is 0 Å². The molecule has 7 heavy (non-hydrogen) atoms. The Morgan fingerprint density at radius 3 is 1.71 bits per heavy atom. The Bertz CT molecular complexity index is 35.3. The Kier molecular flexibility index (Phi) is 2.96. The Hall–Kier alpha value is -0.0800. The fraction of sp³-hybridized carbons (Fsp3) is 1.00. The molecule has 0 aromatic carbocycles. The molecule has 4 N–H and O–H groups in total. The molecule has 0 heterocycles. The van der Waals surface area contributed by atoms with E-state index in [1.54, 1.807) is 0 Å². The molecule has 0 atom stereocenters. The fourth-order valence-electron chi connectivity index (χ4n) is 0.544. The lowest BCUT2D eigenvalue weighted by atomic mass is 10.1. The molecule has 44 valence electrons. The van der Waals surface area contributed by atoms with E-state index in [1.807, 2.05) is 0 Å². The molecule has 0 saturated heterocycles. The van der Waals surface area contributed by atoms with E-state index in [0.717, 1.165) is 6.42 Å². The third kappa shape index (κ3) is 5.92. The molecule has 0 aromatic rings. The number of nitrogens with two attached hydrogens (primary N) is 2. The van der Waals surface area contributed by atoms with E-state index in [2.05, 4.69) is 13.8 Å². The maximum atomic E-state index is 5.27. The zero-order valence-corrected chi connectivity index (χ0v) is 5.02. The maximum Gasteiger partial charge on any atom is 0.0523 e. The molecular weight excluding hydrogens is 88.1 g/mol. The summed E-state index contributed by atoms with van der Waals surface area (Å²) in [6.07, 6.45) is 0.792. The van der Waals surface area contributed by atoms with Gasteiger partial charge in [0.15, 0.2) is 0 Å². The minimum absolute atomic E-state index is 0.125. The van der Waals surface area contributed by atoms with Gasteiger partial charge in [-0.1, -0.05) is 13.8 Å². The lowest BCUT2D eigenvalue weighted by molar-refractivity contribution is 0.506. The van der Waals surface area contributed by atoms with Gasteiger partial charge in [-0.3, -0.25) is 0 Å². The number of rotatable bonds is 2. The van der Waals surface area contributed by atoms with E-state index in [9.17, 15) is 0 Å². The lowest BCUT2D eigenvalue weighted by Gasteiger charge is -2.05. The number of hydrogen-bond donors (Lipinski definition) is 2. The molecule has 2 heteroatoms. The molecule has 0 bridgehead atoms. The fourth-order valence-corrected chi connectivity index (χ4v) is 0.544. The molecule has 0 amide bonds. The molecule has 0 spiro atoms. The highest BCUT2D eigenvalue weighted by Crippen LogP contribution is 1.97. The van der Waals surface area contributed by atoms with Crippen molar-refractivity contribution in [2.24, 2.45) is 17.4 Å². The minimum atomic E-state index is -0.125. The van der Waals surface area contributed by atoms with E-state index in [1.165, 1.54) is 0 Å². The molecule has 0 unspecified atom stereocenters. The van der Waals surface area contributed by atoms with Crippen LogP contribution in [0, 0.1) is 5.92 Å². The van der Waals surface area contributed by atoms with Crippen molar-refractivity contribution in [3.05, 3.63) is 0 Å². The topological polar surface area (TPSA) is 52.0 Å². The van der Waals surface area contributed by atoms with Crippen molar-refractivity contribution < 1.29 is 0 Å². The molecular formula is C5H14N2. The highest BCUT2D eigenvalue weighted by molar-refractivity contribution is 4.52. The standard InChI is InChI=1S/C5H14N2/c1-4(2)3-5(6)7/h4-5H,3,6-7H2,1-2H3. The first kappa shape index (κ1) is 6.92. The van der Waals surface area contributed by atoms with Crippen LogP contribution in [0.1, 0.15) is 20.3 Å². The lowest BCUT2D eigenvalue weighted by Crippen LogP contribution is -2.31. The van der Waals surface area contributed by atoms with Crippen molar-refractivity contribution >= 4 is 0 Å². The van der Waals surface area contributed by atoms with E-state index in [0.29, 0.717) is 5.92 Å². The first-order valence-corrected chi connectivity index (χ1v) is 2.64. The second-order valence-electron chi connectivity index (χ2n) is 2.29. The summed E-state index contributed by atoms with van der Waals surface area (Å²) >= 11 is 0. The van der Waals surface area contributed by atoms with Gasteiger partial charge in [0.05, 0.1) is 6.17 Å². The van der Waals surface area contributed by atoms with Crippen molar-refractivity contribution in [3.8, 4) is 0 Å². The van der Waals surface area contributed by atoms with Crippen molar-refractivity contribution in [2.45, 2.75) is 26.4 Å². The molecule has 2 nitrogen and oxygen atoms in total. The summed E-state index contributed by atoms with van der Waals surface area (Å²) in [5.74, 6) is 0.625. The van der Waals surface area contributed by atoms with Crippen molar-refractivity contribution in [1.29, 1.82) is 0 Å². The molecule has 0 rings (SSSR count). The molecule has 0 saturated carbocycles. The van der Waals surface area contributed by atoms with Gasteiger partial charge in [0.2, 0.25) is 0 Å². The second-order valence-corrected chi connectivity index (χ2v) is 2.29. The summed E-state index contributed by atoms with van der Waals surface area (Å²) in [6, 6.07) is 0. The third-order valence-corrected chi connectivity index (χ3v) is 0.744. The summed E-state index contributed by atoms with van der Waals surface area (Å²) in [7, 11) is 0. The summed E-state index contributed by atoms with van der Waals surface area (Å²) in [6.45, 7) is 4.21. The van der Waals surface area contributed by atoms with E-state index < -0.39 is 0 Å². The highest BCUT2D eigenvalue weighted by atomic mass is 14.8. The summed E-state index contributed by atoms with van der Waals surface area (Å²) in [4.78, 5) is 0. The van der Waals surface area contributed by atoms with Gasteiger partial charge < -0.3 is 11.5 Å². The van der Waals surface area contributed by atoms with Gasteiger partial charge in [0.25, 0.3) is 0 Å². The molecule has 0 aliphatic carbocycles. The summed E-state index contributed by atoms with van der Waals surface area (Å²) in [5.41, 5.74) is 10.5. The smallest absolute Gasteiger partial charge is 0.0523 e. The Morgan fingerprint density at radius 2 is 1.71 bits per heavy atom. The average Bonchev–Trinajstić information content (AvgIpc) is 1.27. The van der Waals surface area contributed by atoms with Crippen LogP contribution < -0.4 is 11.5 Å². The Labute approximate surface area is 44.9 Å². The van der Waals surface area contributed by atoms with E-state index in [4.69, 9.17) is 11.5 Å². The van der Waals surface area contributed by atoms with Gasteiger partial charge in [-0.2, -0.15) is 0 Å². The van der Waals surface area contributed by atoms with Gasteiger partial charge in [0, 0.05) is 0 Å². The zero-order valence-electron chi connectivity index (χ0n) is 5.02. The van der Waals surface area contributed by atoms with Gasteiger partial charge in [-0.05, 0) is 12.3 Å². The molecule has 0 aliphatic rings. The van der Waals surface area contributed by atoms with Crippen LogP contribution in [0.5, 0.6) is 0 Å². The van der Waals surface area contributed by atoms with Crippen molar-refractivity contribution in [2.75, 3.05) is 0 Å². The van der Waals surface area contributed by atoms with Crippen LogP contribution >= 0.6 is 0 Å². The van der Waals surface area contributed by atoms with Crippen LogP contribution in [-0.4, -0.2) is 6.17 Å². The second kappa shape index (κ2) is 2.99. The van der Waals surface area contributed by atoms with Crippen molar-refractivity contribution in [1.82, 2.24) is 0 Å². The number of hydrogen-bond acceptors (Lipinski definition) is 2. The third-order valence-electron chi connectivity index (χ3n) is 0.744. The van der Waals surface area contributed by atoms with Crippen LogP contribution in [0.2, 0.25) is 0 Å². The van der Waals surface area contributed by atoms with Gasteiger partial charge in [0.1, 0.15) is 0 Å². The normalized spacial score (nSPS) is 11.1. The average molecular weight is 102 g/mol. The molecule has 0 aromatic heterocycles. The van der Waals surface area contributed by atoms with Crippen molar-refractivity contribution in [3.63, 3.8) is 0 Å². The summed E-state index contributed by atoms with van der Waals surface area (Å²) < 4.78 is 0. The van der Waals surface area contributed by atoms with Gasteiger partial charge >= 0.3 is 0 Å². The van der Waals surface area contributed by atoms with Gasteiger partial charge in [-0.15, -0.1) is 0 Å². The molecule has 0 radical (unpaired) electrons. The largest absolute Gasteiger partial charge is 0.316 e. The monoisotopic (exact) mass is 102 g/mol. The summed E-state index contributed by atoms with van der Waals surface area (Å²) in [5, 5.41) is 0. The predicted molar refractivity (Wildman–Crippen MR) is 31.6 cm³/mol. The van der Waals surface area contributed by atoms with Crippen LogP contribution in [0.3, 0.4) is 0 Å². The van der Waals surface area contributed by atoms with Crippen LogP contribution in [0.4, 0.5) is 0 Å².